The first-order chi connectivity index (χ1) is 9.29. The second-order valence-electron chi connectivity index (χ2n) is 4.18. The average molecular weight is 318 g/mol. The minimum absolute atomic E-state index is 0.177. The van der Waals surface area contributed by atoms with E-state index in [1.54, 1.807) is 0 Å². The number of anilines is 1. The van der Waals surface area contributed by atoms with Crippen LogP contribution in [0.3, 0.4) is 0 Å². The van der Waals surface area contributed by atoms with Gasteiger partial charge in [0.2, 0.25) is 0 Å². The molecule has 0 spiro atoms. The quantitative estimate of drug-likeness (QED) is 0.698. The highest BCUT2D eigenvalue weighted by molar-refractivity contribution is 7.90. The summed E-state index contributed by atoms with van der Waals surface area (Å²) in [6, 6.07) is 6.67. The molecule has 7 heteroatoms. The molecule has 0 aliphatic carbocycles. The summed E-state index contributed by atoms with van der Waals surface area (Å²) < 4.78 is 50.6. The van der Waals surface area contributed by atoms with E-state index in [-0.39, 0.29) is 5.02 Å². The number of rotatable bonds is 3. The van der Waals surface area contributed by atoms with Gasteiger partial charge < -0.3 is 5.73 Å². The van der Waals surface area contributed by atoms with Crippen molar-refractivity contribution in [3.63, 3.8) is 0 Å². The van der Waals surface area contributed by atoms with Gasteiger partial charge in [0, 0.05) is 16.8 Å². The summed E-state index contributed by atoms with van der Waals surface area (Å²) in [6.45, 7) is 0. The third-order valence-corrected chi connectivity index (χ3v) is 4.70. The van der Waals surface area contributed by atoms with Crippen molar-refractivity contribution in [2.75, 3.05) is 5.73 Å². The number of benzene rings is 2. The van der Waals surface area contributed by atoms with Crippen LogP contribution >= 0.6 is 11.6 Å². The normalized spacial score (nSPS) is 11.6. The first-order valence-corrected chi connectivity index (χ1v) is 7.54. The van der Waals surface area contributed by atoms with Crippen LogP contribution in [0.25, 0.3) is 0 Å². The Hall–Kier alpha value is -1.66. The second-order valence-corrected chi connectivity index (χ2v) is 6.55. The highest BCUT2D eigenvalue weighted by atomic mass is 35.5. The Morgan fingerprint density at radius 1 is 1.10 bits per heavy atom. The van der Waals surface area contributed by atoms with Crippen molar-refractivity contribution in [1.29, 1.82) is 0 Å². The molecule has 2 aromatic carbocycles. The maximum atomic E-state index is 13.5. The molecule has 3 nitrogen and oxygen atoms in total. The van der Waals surface area contributed by atoms with Crippen LogP contribution in [0.15, 0.2) is 41.3 Å². The lowest BCUT2D eigenvalue weighted by Crippen LogP contribution is -2.08. The Kier molecular flexibility index (Phi) is 3.96. The number of nitrogen functional groups attached to an aromatic ring is 1. The van der Waals surface area contributed by atoms with Gasteiger partial charge in [0.1, 0.15) is 16.5 Å². The minimum atomic E-state index is -3.96. The third-order valence-electron chi connectivity index (χ3n) is 2.65. The fourth-order valence-electron chi connectivity index (χ4n) is 1.69. The first-order valence-electron chi connectivity index (χ1n) is 5.51. The van der Waals surface area contributed by atoms with Crippen molar-refractivity contribution in [2.24, 2.45) is 0 Å². The molecule has 106 valence electrons. The van der Waals surface area contributed by atoms with E-state index < -0.39 is 32.1 Å². The van der Waals surface area contributed by atoms with E-state index in [2.05, 4.69) is 0 Å². The van der Waals surface area contributed by atoms with Crippen LogP contribution in [-0.2, 0) is 15.6 Å². The summed E-state index contributed by atoms with van der Waals surface area (Å²) >= 11 is 5.89. The molecular weight excluding hydrogens is 308 g/mol. The summed E-state index contributed by atoms with van der Waals surface area (Å²) in [4.78, 5) is -0.563. The Balaban J connectivity index is 2.41. The number of sulfone groups is 1. The molecule has 0 unspecified atom stereocenters. The van der Waals surface area contributed by atoms with Crippen molar-refractivity contribution in [2.45, 2.75) is 10.6 Å². The molecule has 0 radical (unpaired) electrons. The van der Waals surface area contributed by atoms with Gasteiger partial charge in [0.05, 0.1) is 5.75 Å². The van der Waals surface area contributed by atoms with E-state index in [1.165, 1.54) is 18.2 Å². The topological polar surface area (TPSA) is 60.2 Å². The number of hydrogen-bond donors (Lipinski definition) is 1. The summed E-state index contributed by atoms with van der Waals surface area (Å²) in [6.07, 6.45) is 0. The molecule has 0 aromatic heterocycles. The van der Waals surface area contributed by atoms with Gasteiger partial charge in [-0.2, -0.15) is 0 Å². The van der Waals surface area contributed by atoms with E-state index >= 15 is 0 Å². The maximum absolute atomic E-state index is 13.5. The van der Waals surface area contributed by atoms with E-state index in [9.17, 15) is 17.2 Å². The van der Waals surface area contributed by atoms with Crippen molar-refractivity contribution >= 4 is 27.1 Å². The molecule has 20 heavy (non-hydrogen) atoms. The zero-order valence-corrected chi connectivity index (χ0v) is 11.7. The SMILES string of the molecule is Nc1ccc(CS(=O)(=O)c2ccc(F)cc2F)c(Cl)c1. The summed E-state index contributed by atoms with van der Waals surface area (Å²) in [5.74, 6) is -2.46. The molecule has 0 heterocycles. The number of nitrogens with two attached hydrogens (primary N) is 1. The average Bonchev–Trinajstić information content (AvgIpc) is 2.32. The van der Waals surface area contributed by atoms with E-state index in [4.69, 9.17) is 17.3 Å². The molecular formula is C13H10ClF2NO2S. The molecule has 2 N–H and O–H groups in total. The molecule has 0 saturated heterocycles. The Bertz CT molecular complexity index is 763. The van der Waals surface area contributed by atoms with Crippen molar-refractivity contribution in [3.8, 4) is 0 Å². The van der Waals surface area contributed by atoms with E-state index in [1.807, 2.05) is 0 Å². The molecule has 2 aromatic rings. The Labute approximate surface area is 119 Å². The van der Waals surface area contributed by atoms with Crippen LogP contribution in [0.5, 0.6) is 0 Å². The largest absolute Gasteiger partial charge is 0.399 e. The van der Waals surface area contributed by atoms with Crippen LogP contribution in [0.1, 0.15) is 5.56 Å². The van der Waals surface area contributed by atoms with Gasteiger partial charge in [-0.15, -0.1) is 0 Å². The molecule has 0 atom stereocenters. The van der Waals surface area contributed by atoms with Gasteiger partial charge in [-0.1, -0.05) is 17.7 Å². The smallest absolute Gasteiger partial charge is 0.185 e. The Morgan fingerprint density at radius 3 is 2.40 bits per heavy atom. The Morgan fingerprint density at radius 2 is 1.80 bits per heavy atom. The molecule has 0 aliphatic rings. The van der Waals surface area contributed by atoms with Crippen LogP contribution in [0.4, 0.5) is 14.5 Å². The fourth-order valence-corrected chi connectivity index (χ4v) is 3.47. The standard InChI is InChI=1S/C13H10ClF2NO2S/c14-11-6-10(17)3-1-8(11)7-20(18,19)13-4-2-9(15)5-12(13)16/h1-6H,7,17H2. The highest BCUT2D eigenvalue weighted by Crippen LogP contribution is 2.25. The summed E-state index contributed by atoms with van der Waals surface area (Å²) in [7, 11) is -3.96. The predicted octanol–water partition coefficient (Wildman–Crippen LogP) is 3.17. The second kappa shape index (κ2) is 5.38. The lowest BCUT2D eigenvalue weighted by Gasteiger charge is -2.08. The molecule has 2 rings (SSSR count). The summed E-state index contributed by atoms with van der Waals surface area (Å²) in [5.41, 5.74) is 6.20. The van der Waals surface area contributed by atoms with Crippen LogP contribution < -0.4 is 5.73 Å². The predicted molar refractivity (Wildman–Crippen MR) is 73.1 cm³/mol. The molecule has 0 fully saturated rings. The lowest BCUT2D eigenvalue weighted by atomic mass is 10.2. The lowest BCUT2D eigenvalue weighted by molar-refractivity contribution is 0.549. The monoisotopic (exact) mass is 317 g/mol. The maximum Gasteiger partial charge on any atom is 0.185 e. The zero-order valence-electron chi connectivity index (χ0n) is 10.1. The van der Waals surface area contributed by atoms with E-state index in [0.29, 0.717) is 17.3 Å². The fraction of sp³-hybridized carbons (Fsp3) is 0.0769. The third kappa shape index (κ3) is 3.08. The van der Waals surface area contributed by atoms with Crippen LogP contribution in [0, 0.1) is 11.6 Å². The van der Waals surface area contributed by atoms with Crippen LogP contribution in [0.2, 0.25) is 5.02 Å². The number of halogens is 3. The van der Waals surface area contributed by atoms with Crippen LogP contribution in [-0.4, -0.2) is 8.42 Å². The zero-order chi connectivity index (χ0) is 14.9. The highest BCUT2D eigenvalue weighted by Gasteiger charge is 2.21. The van der Waals surface area contributed by atoms with Gasteiger partial charge in [0.15, 0.2) is 9.84 Å². The van der Waals surface area contributed by atoms with Gasteiger partial charge in [-0.3, -0.25) is 0 Å². The van der Waals surface area contributed by atoms with Crippen molar-refractivity contribution in [3.05, 3.63) is 58.6 Å². The molecule has 0 bridgehead atoms. The van der Waals surface area contributed by atoms with Gasteiger partial charge in [-0.25, -0.2) is 17.2 Å². The first kappa shape index (κ1) is 14.7. The van der Waals surface area contributed by atoms with E-state index in [0.717, 1.165) is 12.1 Å². The summed E-state index contributed by atoms with van der Waals surface area (Å²) in [5, 5.41) is 0.177. The van der Waals surface area contributed by atoms with Gasteiger partial charge in [0.25, 0.3) is 0 Å². The number of hydrogen-bond acceptors (Lipinski definition) is 3. The molecule has 0 amide bonds. The van der Waals surface area contributed by atoms with Gasteiger partial charge in [-0.05, 0) is 29.8 Å². The van der Waals surface area contributed by atoms with Crippen molar-refractivity contribution in [1.82, 2.24) is 0 Å². The van der Waals surface area contributed by atoms with Gasteiger partial charge >= 0.3 is 0 Å². The molecule has 0 aliphatic heterocycles. The van der Waals surface area contributed by atoms with Crippen molar-refractivity contribution < 1.29 is 17.2 Å². The minimum Gasteiger partial charge on any atom is -0.399 e. The molecule has 0 saturated carbocycles.